The van der Waals surface area contributed by atoms with Crippen LogP contribution in [0.3, 0.4) is 0 Å². The highest BCUT2D eigenvalue weighted by atomic mass is 35.5. The van der Waals surface area contributed by atoms with Gasteiger partial charge in [0.25, 0.3) is 5.56 Å². The number of pyridine rings is 2. The van der Waals surface area contributed by atoms with E-state index in [2.05, 4.69) is 25.3 Å². The number of hydrogen-bond acceptors (Lipinski definition) is 6. The average Bonchev–Trinajstić information content (AvgIpc) is 2.67. The molecule has 3 N–H and O–H groups in total. The fraction of sp³-hybridized carbons (Fsp3) is 0.211. The third-order valence-corrected chi connectivity index (χ3v) is 4.46. The molecule has 9 heteroatoms. The average molecular weight is 403 g/mol. The zero-order chi connectivity index (χ0) is 20.3. The molecular weight excluding hydrogens is 384 g/mol. The topological polar surface area (TPSA) is 105 Å². The van der Waals surface area contributed by atoms with Gasteiger partial charge in [-0.25, -0.2) is 9.78 Å². The number of carbonyl (C=O) groups excluding carboxylic acids is 1. The Balaban J connectivity index is 1.88. The third-order valence-electron chi connectivity index (χ3n) is 4.17. The highest BCUT2D eigenvalue weighted by Crippen LogP contribution is 2.29. The zero-order valence-corrected chi connectivity index (χ0v) is 16.3. The lowest BCUT2D eigenvalue weighted by molar-refractivity contribution is 0.187. The van der Waals surface area contributed by atoms with Crippen LogP contribution in [0.2, 0.25) is 5.02 Å². The van der Waals surface area contributed by atoms with Gasteiger partial charge < -0.3 is 19.8 Å². The molecule has 1 amide bonds. The summed E-state index contributed by atoms with van der Waals surface area (Å²) in [6, 6.07) is 8.11. The fourth-order valence-corrected chi connectivity index (χ4v) is 3.01. The molecule has 1 aromatic carbocycles. The quantitative estimate of drug-likeness (QED) is 0.597. The van der Waals surface area contributed by atoms with Crippen LogP contribution in [0.15, 0.2) is 41.3 Å². The molecule has 0 fully saturated rings. The minimum atomic E-state index is -0.580. The van der Waals surface area contributed by atoms with Crippen LogP contribution in [0.25, 0.3) is 10.9 Å². The van der Waals surface area contributed by atoms with Gasteiger partial charge >= 0.3 is 6.09 Å². The van der Waals surface area contributed by atoms with Crippen molar-refractivity contribution in [1.82, 2.24) is 9.97 Å². The second-order valence-corrected chi connectivity index (χ2v) is 6.45. The predicted octanol–water partition coefficient (Wildman–Crippen LogP) is 3.94. The van der Waals surface area contributed by atoms with Gasteiger partial charge in [0.15, 0.2) is 0 Å². The molecule has 146 valence electrons. The monoisotopic (exact) mass is 402 g/mol. The molecule has 2 heterocycles. The number of fused-ring (bicyclic) bond motifs is 1. The summed E-state index contributed by atoms with van der Waals surface area (Å²) in [5.74, 6) is 0.983. The Kier molecular flexibility index (Phi) is 5.70. The largest absolute Gasteiger partial charge is 0.495 e. The molecule has 3 rings (SSSR count). The summed E-state index contributed by atoms with van der Waals surface area (Å²) in [5, 5.41) is 6.95. The number of H-pyrrole nitrogens is 1. The summed E-state index contributed by atoms with van der Waals surface area (Å²) < 4.78 is 9.75. The molecule has 0 saturated carbocycles. The molecule has 0 spiro atoms. The Morgan fingerprint density at radius 1 is 1.25 bits per heavy atom. The van der Waals surface area contributed by atoms with Crippen molar-refractivity contribution in [2.75, 3.05) is 24.9 Å². The second kappa shape index (κ2) is 8.18. The minimum absolute atomic E-state index is 0.235. The van der Waals surface area contributed by atoms with Crippen LogP contribution >= 0.6 is 11.6 Å². The zero-order valence-electron chi connectivity index (χ0n) is 15.5. The van der Waals surface area contributed by atoms with Crippen molar-refractivity contribution >= 4 is 40.1 Å². The predicted molar refractivity (Wildman–Crippen MR) is 108 cm³/mol. The molecule has 0 aliphatic carbocycles. The van der Waals surface area contributed by atoms with Gasteiger partial charge in [0.1, 0.15) is 11.6 Å². The van der Waals surface area contributed by atoms with Crippen molar-refractivity contribution in [1.29, 1.82) is 0 Å². The van der Waals surface area contributed by atoms with E-state index in [9.17, 15) is 9.59 Å². The molecule has 2 aromatic heterocycles. The number of anilines is 2. The number of halogens is 1. The van der Waals surface area contributed by atoms with Crippen molar-refractivity contribution in [3.63, 3.8) is 0 Å². The van der Waals surface area contributed by atoms with Crippen LogP contribution in [-0.4, -0.2) is 30.3 Å². The summed E-state index contributed by atoms with van der Waals surface area (Å²) in [5.41, 5.74) is 1.43. The number of methoxy groups -OCH3 is 2. The van der Waals surface area contributed by atoms with Crippen LogP contribution in [0.4, 0.5) is 16.3 Å². The minimum Gasteiger partial charge on any atom is -0.495 e. The van der Waals surface area contributed by atoms with E-state index >= 15 is 0 Å². The lowest BCUT2D eigenvalue weighted by Crippen LogP contribution is -2.20. The molecule has 0 saturated heterocycles. The van der Waals surface area contributed by atoms with E-state index in [4.69, 9.17) is 16.3 Å². The maximum atomic E-state index is 12.5. The van der Waals surface area contributed by atoms with Gasteiger partial charge in [-0.2, -0.15) is 0 Å². The summed E-state index contributed by atoms with van der Waals surface area (Å²) in [4.78, 5) is 30.9. The van der Waals surface area contributed by atoms with E-state index < -0.39 is 6.09 Å². The van der Waals surface area contributed by atoms with Crippen molar-refractivity contribution in [2.45, 2.75) is 13.0 Å². The number of nitrogens with zero attached hydrogens (tertiary/aromatic N) is 1. The third kappa shape index (κ3) is 4.17. The van der Waals surface area contributed by atoms with Crippen molar-refractivity contribution < 1.29 is 14.3 Å². The summed E-state index contributed by atoms with van der Waals surface area (Å²) >= 11 is 6.19. The maximum Gasteiger partial charge on any atom is 0.411 e. The van der Waals surface area contributed by atoms with Crippen molar-refractivity contribution in [2.24, 2.45) is 0 Å². The normalized spacial score (nSPS) is 11.7. The molecule has 28 heavy (non-hydrogen) atoms. The van der Waals surface area contributed by atoms with Crippen LogP contribution in [0.5, 0.6) is 5.75 Å². The Labute approximate surface area is 165 Å². The Morgan fingerprint density at radius 2 is 2.04 bits per heavy atom. The number of aromatic nitrogens is 2. The Morgan fingerprint density at radius 3 is 2.75 bits per heavy atom. The van der Waals surface area contributed by atoms with Crippen LogP contribution in [0.1, 0.15) is 18.5 Å². The Hall–Kier alpha value is -3.26. The smallest absolute Gasteiger partial charge is 0.411 e. The lowest BCUT2D eigenvalue weighted by atomic mass is 10.1. The number of aromatic amines is 1. The summed E-state index contributed by atoms with van der Waals surface area (Å²) in [7, 11) is 2.80. The number of ether oxygens (including phenoxy) is 2. The van der Waals surface area contributed by atoms with Crippen LogP contribution < -0.4 is 20.9 Å². The van der Waals surface area contributed by atoms with Crippen molar-refractivity contribution in [3.05, 3.63) is 57.5 Å². The second-order valence-electron chi connectivity index (χ2n) is 6.04. The van der Waals surface area contributed by atoms with E-state index in [0.29, 0.717) is 33.4 Å². The molecule has 0 bridgehead atoms. The summed E-state index contributed by atoms with van der Waals surface area (Å²) in [6.07, 6.45) is 0.959. The molecule has 0 radical (unpaired) electrons. The number of amides is 1. The van der Waals surface area contributed by atoms with Gasteiger partial charge in [-0.1, -0.05) is 11.6 Å². The first kappa shape index (κ1) is 19.5. The van der Waals surface area contributed by atoms with E-state index in [0.717, 1.165) is 5.39 Å². The molecule has 3 aromatic rings. The first-order chi connectivity index (χ1) is 13.4. The molecule has 8 nitrogen and oxygen atoms in total. The number of carbonyl (C=O) groups is 1. The highest BCUT2D eigenvalue weighted by molar-refractivity contribution is 6.32. The number of benzene rings is 1. The molecule has 1 unspecified atom stereocenters. The first-order valence-electron chi connectivity index (χ1n) is 8.39. The van der Waals surface area contributed by atoms with E-state index in [1.807, 2.05) is 6.92 Å². The molecule has 0 aliphatic heterocycles. The van der Waals surface area contributed by atoms with Gasteiger partial charge in [-0.3, -0.25) is 10.1 Å². The molecule has 0 aliphatic rings. The van der Waals surface area contributed by atoms with E-state index in [1.54, 1.807) is 30.3 Å². The first-order valence-corrected chi connectivity index (χ1v) is 8.77. The van der Waals surface area contributed by atoms with E-state index in [-0.39, 0.29) is 11.6 Å². The van der Waals surface area contributed by atoms with Gasteiger partial charge in [-0.15, -0.1) is 0 Å². The van der Waals surface area contributed by atoms with E-state index in [1.165, 1.54) is 20.4 Å². The number of hydrogen-bond donors (Lipinski definition) is 3. The standard InChI is InChI=1S/C19H19ClN4O4/c1-10(22-17-8-12(4-5-21-17)23-19(26)28-3)13-6-11-7-14(20)16(27-2)9-15(11)24-18(13)25/h4-10H,1-3H3,(H,24,25)(H2,21,22,23,26). The maximum absolute atomic E-state index is 12.5. The number of rotatable bonds is 5. The van der Waals surface area contributed by atoms with Crippen LogP contribution in [0, 0.1) is 0 Å². The van der Waals surface area contributed by atoms with Gasteiger partial charge in [-0.05, 0) is 25.1 Å². The molecule has 1 atom stereocenters. The summed E-state index contributed by atoms with van der Waals surface area (Å²) in [6.45, 7) is 1.84. The van der Waals surface area contributed by atoms with Crippen molar-refractivity contribution in [3.8, 4) is 5.75 Å². The highest BCUT2D eigenvalue weighted by Gasteiger charge is 2.14. The molecular formula is C19H19ClN4O4. The van der Waals surface area contributed by atoms with Crippen LogP contribution in [-0.2, 0) is 4.74 Å². The van der Waals surface area contributed by atoms with Gasteiger partial charge in [0, 0.05) is 35.0 Å². The van der Waals surface area contributed by atoms with Gasteiger partial charge in [0.2, 0.25) is 0 Å². The number of nitrogens with one attached hydrogen (secondary N) is 3. The van der Waals surface area contributed by atoms with Gasteiger partial charge in [0.05, 0.1) is 30.8 Å². The fourth-order valence-electron chi connectivity index (χ4n) is 2.76. The lowest BCUT2D eigenvalue weighted by Gasteiger charge is -2.16. The SMILES string of the molecule is COC(=O)Nc1ccnc(NC(C)c2cc3cc(Cl)c(OC)cc3[nH]c2=O)c1. The Bertz CT molecular complexity index is 1080.